The summed E-state index contributed by atoms with van der Waals surface area (Å²) in [5.41, 5.74) is 0. The Bertz CT molecular complexity index is 194. The van der Waals surface area contributed by atoms with Gasteiger partial charge in [0.05, 0.1) is 22.5 Å². The van der Waals surface area contributed by atoms with Crippen LogP contribution in [-0.4, -0.2) is 55.5 Å². The van der Waals surface area contributed by atoms with Gasteiger partial charge < -0.3 is 14.6 Å². The topological polar surface area (TPSA) is 80.7 Å². The van der Waals surface area contributed by atoms with Crippen molar-refractivity contribution in [1.82, 2.24) is 4.90 Å². The van der Waals surface area contributed by atoms with E-state index in [1.807, 2.05) is 0 Å². The molecule has 0 aliphatic rings. The van der Waals surface area contributed by atoms with E-state index in [-0.39, 0.29) is 42.7 Å². The van der Waals surface area contributed by atoms with Crippen molar-refractivity contribution in [2.75, 3.05) is 32.5 Å². The zero-order valence-corrected chi connectivity index (χ0v) is 10.2. The van der Waals surface area contributed by atoms with Crippen LogP contribution in [0.15, 0.2) is 0 Å². The molecule has 0 unspecified atom stereocenters. The van der Waals surface area contributed by atoms with E-state index in [0.717, 1.165) is 0 Å². The quantitative estimate of drug-likeness (QED) is 0.361. The van der Waals surface area contributed by atoms with Gasteiger partial charge in [0.2, 0.25) is 0 Å². The van der Waals surface area contributed by atoms with Gasteiger partial charge in [-0.15, -0.1) is 0 Å². The summed E-state index contributed by atoms with van der Waals surface area (Å²) in [6, 6.07) is 0. The fourth-order valence-electron chi connectivity index (χ4n) is 0.550. The third-order valence-electron chi connectivity index (χ3n) is 1.20. The van der Waals surface area contributed by atoms with Crippen molar-refractivity contribution in [3.05, 3.63) is 0 Å². The first-order valence-electron chi connectivity index (χ1n) is 3.18. The van der Waals surface area contributed by atoms with Gasteiger partial charge in [-0.05, 0) is 7.05 Å². The van der Waals surface area contributed by atoms with Crippen LogP contribution in [0.2, 0.25) is 0 Å². The number of aliphatic hydroxyl groups excluding tert-OH is 1. The first kappa shape index (κ1) is 15.3. The maximum absolute atomic E-state index is 10.1. The summed E-state index contributed by atoms with van der Waals surface area (Å²) in [5.74, 6) is -0.399. The predicted molar refractivity (Wildman–Crippen MR) is 39.1 cm³/mol. The van der Waals surface area contributed by atoms with Crippen LogP contribution in [0.4, 0.5) is 0 Å². The van der Waals surface area contributed by atoms with Crippen molar-refractivity contribution >= 4 is 10.1 Å². The molecule has 0 saturated heterocycles. The van der Waals surface area contributed by atoms with E-state index in [9.17, 15) is 13.0 Å². The molecule has 5 nitrogen and oxygen atoms in total. The monoisotopic (exact) mass is 205 g/mol. The summed E-state index contributed by atoms with van der Waals surface area (Å²) in [6.45, 7) is 0.525. The molecule has 0 aromatic rings. The smallest absolute Gasteiger partial charge is 0.748 e. The Hall–Kier alpha value is 0.830. The molecule has 0 fully saturated rings. The molecule has 0 bridgehead atoms. The molecular formula is C5H12NNaO4S. The molecule has 0 aromatic carbocycles. The van der Waals surface area contributed by atoms with Crippen molar-refractivity contribution in [2.45, 2.75) is 0 Å². The Kier molecular flexibility index (Phi) is 9.25. The molecular weight excluding hydrogens is 193 g/mol. The van der Waals surface area contributed by atoms with Crippen molar-refractivity contribution in [3.8, 4) is 0 Å². The van der Waals surface area contributed by atoms with Crippen molar-refractivity contribution in [1.29, 1.82) is 0 Å². The fraction of sp³-hybridized carbons (Fsp3) is 1.00. The first-order valence-corrected chi connectivity index (χ1v) is 4.76. The Morgan fingerprint density at radius 1 is 1.42 bits per heavy atom. The largest absolute Gasteiger partial charge is 1.00 e. The maximum atomic E-state index is 10.1. The summed E-state index contributed by atoms with van der Waals surface area (Å²) >= 11 is 0. The van der Waals surface area contributed by atoms with Crippen LogP contribution in [0.25, 0.3) is 0 Å². The minimum atomic E-state index is -4.11. The van der Waals surface area contributed by atoms with Crippen LogP contribution < -0.4 is 29.6 Å². The van der Waals surface area contributed by atoms with Crippen molar-refractivity contribution in [3.63, 3.8) is 0 Å². The third kappa shape index (κ3) is 10.8. The van der Waals surface area contributed by atoms with Gasteiger partial charge in [-0.2, -0.15) is 0 Å². The van der Waals surface area contributed by atoms with Gasteiger partial charge in [-0.25, -0.2) is 8.42 Å². The Balaban J connectivity index is 0. The summed E-state index contributed by atoms with van der Waals surface area (Å²) < 4.78 is 30.3. The number of rotatable bonds is 5. The van der Waals surface area contributed by atoms with E-state index in [1.165, 1.54) is 0 Å². The van der Waals surface area contributed by atoms with Gasteiger partial charge in [0, 0.05) is 13.1 Å². The molecule has 0 aliphatic carbocycles. The second-order valence-electron chi connectivity index (χ2n) is 2.29. The average molecular weight is 205 g/mol. The molecule has 0 spiro atoms. The van der Waals surface area contributed by atoms with E-state index in [0.29, 0.717) is 6.54 Å². The molecule has 0 rings (SSSR count). The maximum Gasteiger partial charge on any atom is 1.00 e. The average Bonchev–Trinajstić information content (AvgIpc) is 1.83. The number of hydrogen-bond donors (Lipinski definition) is 1. The van der Waals surface area contributed by atoms with Crippen molar-refractivity contribution in [2.24, 2.45) is 0 Å². The predicted octanol–water partition coefficient (Wildman–Crippen LogP) is -4.54. The summed E-state index contributed by atoms with van der Waals surface area (Å²) in [5, 5.41) is 8.40. The third-order valence-corrected chi connectivity index (χ3v) is 1.89. The zero-order valence-electron chi connectivity index (χ0n) is 7.36. The van der Waals surface area contributed by atoms with Crippen LogP contribution in [0.5, 0.6) is 0 Å². The zero-order chi connectivity index (χ0) is 8.91. The van der Waals surface area contributed by atoms with Gasteiger partial charge >= 0.3 is 29.6 Å². The molecule has 0 aliphatic heterocycles. The van der Waals surface area contributed by atoms with E-state index in [2.05, 4.69) is 0 Å². The van der Waals surface area contributed by atoms with E-state index in [4.69, 9.17) is 5.11 Å². The molecule has 1 N–H and O–H groups in total. The second-order valence-corrected chi connectivity index (χ2v) is 3.81. The van der Waals surface area contributed by atoms with Crippen LogP contribution in [0, 0.1) is 0 Å². The summed E-state index contributed by atoms with van der Waals surface area (Å²) in [7, 11) is -2.47. The van der Waals surface area contributed by atoms with Crippen molar-refractivity contribution < 1.29 is 47.6 Å². The van der Waals surface area contributed by atoms with Gasteiger partial charge in [0.25, 0.3) is 0 Å². The van der Waals surface area contributed by atoms with Gasteiger partial charge in [-0.1, -0.05) is 0 Å². The molecule has 0 radical (unpaired) electrons. The van der Waals surface area contributed by atoms with E-state index >= 15 is 0 Å². The van der Waals surface area contributed by atoms with E-state index in [1.54, 1.807) is 11.9 Å². The summed E-state index contributed by atoms with van der Waals surface area (Å²) in [4.78, 5) is 1.58. The molecule has 0 atom stereocenters. The SMILES string of the molecule is CN(CCO)CCS(=O)(=O)[O-].[Na+]. The van der Waals surface area contributed by atoms with Gasteiger partial charge in [0.1, 0.15) is 0 Å². The number of likely N-dealkylation sites (N-methyl/N-ethyl adjacent to an activating group) is 1. The normalized spacial score (nSPS) is 11.3. The second kappa shape index (κ2) is 7.25. The first-order chi connectivity index (χ1) is 4.95. The van der Waals surface area contributed by atoms with Gasteiger partial charge in [0.15, 0.2) is 0 Å². The van der Waals surface area contributed by atoms with E-state index < -0.39 is 15.9 Å². The number of hydrogen-bond acceptors (Lipinski definition) is 5. The number of aliphatic hydroxyl groups is 1. The summed E-state index contributed by atoms with van der Waals surface area (Å²) in [6.07, 6.45) is 0. The van der Waals surface area contributed by atoms with Crippen LogP contribution in [0.3, 0.4) is 0 Å². The Morgan fingerprint density at radius 2 is 1.92 bits per heavy atom. The molecule has 0 heterocycles. The minimum Gasteiger partial charge on any atom is -0.748 e. The van der Waals surface area contributed by atoms with Gasteiger partial charge in [-0.3, -0.25) is 0 Å². The minimum absolute atomic E-state index is 0. The Morgan fingerprint density at radius 3 is 2.25 bits per heavy atom. The van der Waals surface area contributed by atoms with Crippen LogP contribution in [-0.2, 0) is 10.1 Å². The molecule has 12 heavy (non-hydrogen) atoms. The molecule has 0 amide bonds. The van der Waals surface area contributed by atoms with Crippen LogP contribution in [0.1, 0.15) is 0 Å². The molecule has 7 heteroatoms. The molecule has 68 valence electrons. The van der Waals surface area contributed by atoms with Crippen LogP contribution >= 0.6 is 0 Å². The number of nitrogens with zero attached hydrogens (tertiary/aromatic N) is 1. The molecule has 0 aromatic heterocycles. The Labute approximate surface area is 94.8 Å². The standard InChI is InChI=1S/C5H13NO4S.Na/c1-6(2-4-7)3-5-11(8,9)10;/h7H,2-5H2,1H3,(H,8,9,10);/q;+1/p-1. The fourth-order valence-corrected chi connectivity index (χ4v) is 1.09. The molecule has 0 saturated carbocycles.